The van der Waals surface area contributed by atoms with Crippen LogP contribution >= 0.6 is 0 Å². The van der Waals surface area contributed by atoms with Crippen LogP contribution < -0.4 is 10.1 Å². The van der Waals surface area contributed by atoms with Crippen molar-refractivity contribution in [2.45, 2.75) is 38.7 Å². The van der Waals surface area contributed by atoms with Crippen LogP contribution in [0.25, 0.3) is 0 Å². The number of benzene rings is 1. The zero-order valence-corrected chi connectivity index (χ0v) is 14.2. The molecule has 6 nitrogen and oxygen atoms in total. The molecule has 1 atom stereocenters. The van der Waals surface area contributed by atoms with Crippen molar-refractivity contribution in [2.75, 3.05) is 13.7 Å². The van der Waals surface area contributed by atoms with Gasteiger partial charge < -0.3 is 19.7 Å². The number of hydrogen-bond acceptors (Lipinski definition) is 5. The molecular weight excluding hydrogens is 308 g/mol. The summed E-state index contributed by atoms with van der Waals surface area (Å²) in [5.74, 6) is 0.976. The van der Waals surface area contributed by atoms with E-state index in [0.29, 0.717) is 23.4 Å². The first kappa shape index (κ1) is 16.5. The molecule has 3 rings (SSSR count). The lowest BCUT2D eigenvalue weighted by molar-refractivity contribution is 0.0188. The Bertz CT molecular complexity index is 749. The molecule has 0 fully saturated rings. The number of nitrogens with zero attached hydrogens (tertiary/aromatic N) is 1. The molecule has 1 heterocycles. The van der Waals surface area contributed by atoms with Gasteiger partial charge in [0, 0.05) is 0 Å². The topological polar surface area (TPSA) is 84.6 Å². The van der Waals surface area contributed by atoms with Crippen LogP contribution in [0.2, 0.25) is 0 Å². The number of hydrogen-bond donors (Lipinski definition) is 2. The maximum absolute atomic E-state index is 12.4. The van der Waals surface area contributed by atoms with Gasteiger partial charge >= 0.3 is 0 Å². The van der Waals surface area contributed by atoms with Crippen molar-refractivity contribution in [3.05, 3.63) is 46.3 Å². The molecule has 1 aromatic heterocycles. The van der Waals surface area contributed by atoms with Crippen molar-refractivity contribution < 1.29 is 19.2 Å². The normalized spacial score (nSPS) is 19.7. The monoisotopic (exact) mass is 330 g/mol. The van der Waals surface area contributed by atoms with E-state index in [2.05, 4.69) is 10.5 Å². The molecule has 0 saturated carbocycles. The van der Waals surface area contributed by atoms with Crippen molar-refractivity contribution in [3.8, 4) is 5.75 Å². The van der Waals surface area contributed by atoms with Crippen molar-refractivity contribution in [3.63, 3.8) is 0 Å². The molecule has 1 aliphatic carbocycles. The van der Waals surface area contributed by atoms with E-state index in [-0.39, 0.29) is 12.5 Å². The van der Waals surface area contributed by atoms with Crippen LogP contribution in [-0.4, -0.2) is 29.8 Å². The van der Waals surface area contributed by atoms with E-state index in [1.807, 2.05) is 18.2 Å². The molecule has 0 bridgehead atoms. The number of rotatable bonds is 4. The Morgan fingerprint density at radius 3 is 2.92 bits per heavy atom. The summed E-state index contributed by atoms with van der Waals surface area (Å²) in [6, 6.07) is 5.68. The van der Waals surface area contributed by atoms with Crippen molar-refractivity contribution >= 4 is 5.91 Å². The molecule has 1 aromatic carbocycles. The first-order valence-corrected chi connectivity index (χ1v) is 8.05. The summed E-state index contributed by atoms with van der Waals surface area (Å²) in [6.45, 7) is 3.57. The maximum Gasteiger partial charge on any atom is 0.256 e. The Morgan fingerprint density at radius 1 is 1.46 bits per heavy atom. The average molecular weight is 330 g/mol. The molecule has 1 amide bonds. The van der Waals surface area contributed by atoms with Crippen LogP contribution in [0.1, 0.15) is 45.8 Å². The number of carbonyl (C=O) groups excluding carboxylic acids is 1. The minimum atomic E-state index is -1.07. The predicted octanol–water partition coefficient (Wildman–Crippen LogP) is 2.25. The van der Waals surface area contributed by atoms with E-state index >= 15 is 0 Å². The minimum absolute atomic E-state index is 0.148. The Kier molecular flexibility index (Phi) is 4.32. The smallest absolute Gasteiger partial charge is 0.256 e. The fraction of sp³-hybridized carbons (Fsp3) is 0.444. The van der Waals surface area contributed by atoms with Gasteiger partial charge in [0.05, 0.1) is 19.3 Å². The highest BCUT2D eigenvalue weighted by Gasteiger charge is 2.35. The summed E-state index contributed by atoms with van der Waals surface area (Å²) in [5, 5.41) is 17.7. The molecule has 0 spiro atoms. The highest BCUT2D eigenvalue weighted by atomic mass is 16.5. The standard InChI is InChI=1S/C18H22N2O4/c1-11-16(12(2)24-20-11)17(21)19-10-18(22)8-4-5-13-9-14(23-3)6-7-15(13)18/h6-7,9,22H,4-5,8,10H2,1-3H3,(H,19,21)/t18-/m0/s1. The molecule has 2 N–H and O–H groups in total. The molecule has 24 heavy (non-hydrogen) atoms. The maximum atomic E-state index is 12.4. The Morgan fingerprint density at radius 2 is 2.25 bits per heavy atom. The minimum Gasteiger partial charge on any atom is -0.497 e. The lowest BCUT2D eigenvalue weighted by atomic mass is 9.79. The third kappa shape index (κ3) is 2.89. The van der Waals surface area contributed by atoms with Gasteiger partial charge in [-0.1, -0.05) is 11.2 Å². The number of aromatic nitrogens is 1. The van der Waals surface area contributed by atoms with Gasteiger partial charge in [0.15, 0.2) is 0 Å². The van der Waals surface area contributed by atoms with Gasteiger partial charge in [-0.3, -0.25) is 4.79 Å². The summed E-state index contributed by atoms with van der Waals surface area (Å²) in [5.41, 5.74) is 1.83. The number of aryl methyl sites for hydroxylation is 3. The van der Waals surface area contributed by atoms with E-state index in [4.69, 9.17) is 9.26 Å². The van der Waals surface area contributed by atoms with Gasteiger partial charge in [-0.05, 0) is 56.4 Å². The van der Waals surface area contributed by atoms with Crippen LogP contribution in [0.5, 0.6) is 5.75 Å². The summed E-state index contributed by atoms with van der Waals surface area (Å²) in [7, 11) is 1.63. The van der Waals surface area contributed by atoms with Crippen LogP contribution in [0.15, 0.2) is 22.7 Å². The van der Waals surface area contributed by atoms with Crippen molar-refractivity contribution in [1.82, 2.24) is 10.5 Å². The molecule has 2 aromatic rings. The summed E-state index contributed by atoms with van der Waals surface area (Å²) >= 11 is 0. The Hall–Kier alpha value is -2.34. The average Bonchev–Trinajstić information content (AvgIpc) is 2.91. The number of carbonyl (C=O) groups is 1. The molecular formula is C18H22N2O4. The van der Waals surface area contributed by atoms with E-state index in [1.165, 1.54) is 0 Å². The largest absolute Gasteiger partial charge is 0.497 e. The highest BCUT2D eigenvalue weighted by Crippen LogP contribution is 2.36. The zero-order valence-electron chi connectivity index (χ0n) is 14.2. The van der Waals surface area contributed by atoms with Gasteiger partial charge in [-0.25, -0.2) is 0 Å². The van der Waals surface area contributed by atoms with Crippen LogP contribution in [-0.2, 0) is 12.0 Å². The van der Waals surface area contributed by atoms with Crippen LogP contribution in [0, 0.1) is 13.8 Å². The third-order valence-corrected chi connectivity index (χ3v) is 4.65. The van der Waals surface area contributed by atoms with Crippen LogP contribution in [0.3, 0.4) is 0 Å². The number of ether oxygens (including phenoxy) is 1. The predicted molar refractivity (Wildman–Crippen MR) is 88.1 cm³/mol. The fourth-order valence-electron chi connectivity index (χ4n) is 3.37. The second-order valence-electron chi connectivity index (χ2n) is 6.29. The molecule has 0 saturated heterocycles. The zero-order chi connectivity index (χ0) is 17.3. The first-order valence-electron chi connectivity index (χ1n) is 8.05. The number of nitrogens with one attached hydrogen (secondary N) is 1. The summed E-state index contributed by atoms with van der Waals surface area (Å²) < 4.78 is 10.3. The number of fused-ring (bicyclic) bond motifs is 1. The van der Waals surface area contributed by atoms with Gasteiger partial charge in [0.25, 0.3) is 5.91 Å². The summed E-state index contributed by atoms with van der Waals surface area (Å²) in [6.07, 6.45) is 2.36. The second kappa shape index (κ2) is 6.28. The quantitative estimate of drug-likeness (QED) is 0.898. The van der Waals surface area contributed by atoms with E-state index in [9.17, 15) is 9.90 Å². The molecule has 1 aliphatic rings. The van der Waals surface area contributed by atoms with Crippen molar-refractivity contribution in [1.29, 1.82) is 0 Å². The lowest BCUT2D eigenvalue weighted by Crippen LogP contribution is -2.43. The summed E-state index contributed by atoms with van der Waals surface area (Å²) in [4.78, 5) is 12.4. The molecule has 0 radical (unpaired) electrons. The van der Waals surface area contributed by atoms with E-state index in [1.54, 1.807) is 21.0 Å². The number of methoxy groups -OCH3 is 1. The van der Waals surface area contributed by atoms with Crippen LogP contribution in [0.4, 0.5) is 0 Å². The molecule has 128 valence electrons. The SMILES string of the molecule is COc1ccc2c(c1)CCC[C@]2(O)CNC(=O)c1c(C)noc1C. The van der Waals surface area contributed by atoms with E-state index < -0.39 is 5.60 Å². The third-order valence-electron chi connectivity index (χ3n) is 4.65. The Balaban J connectivity index is 1.80. The lowest BCUT2D eigenvalue weighted by Gasteiger charge is -2.34. The highest BCUT2D eigenvalue weighted by molar-refractivity contribution is 5.96. The second-order valence-corrected chi connectivity index (χ2v) is 6.29. The molecule has 6 heteroatoms. The van der Waals surface area contributed by atoms with Gasteiger partial charge in [0.1, 0.15) is 22.7 Å². The van der Waals surface area contributed by atoms with Gasteiger partial charge in [0.2, 0.25) is 0 Å². The van der Waals surface area contributed by atoms with E-state index in [0.717, 1.165) is 29.7 Å². The molecule has 0 unspecified atom stereocenters. The fourth-order valence-corrected chi connectivity index (χ4v) is 3.37. The Labute approximate surface area is 140 Å². The van der Waals surface area contributed by atoms with Crippen molar-refractivity contribution in [2.24, 2.45) is 0 Å². The first-order chi connectivity index (χ1) is 11.4. The number of amides is 1. The number of aliphatic hydroxyl groups is 1. The van der Waals surface area contributed by atoms with Gasteiger partial charge in [-0.15, -0.1) is 0 Å². The van der Waals surface area contributed by atoms with Gasteiger partial charge in [-0.2, -0.15) is 0 Å². The molecule has 0 aliphatic heterocycles.